The zero-order valence-electron chi connectivity index (χ0n) is 11.7. The number of H-pyrrole nitrogens is 1. The molecule has 2 heterocycles. The fourth-order valence-electron chi connectivity index (χ4n) is 2.41. The van der Waals surface area contributed by atoms with Crippen LogP contribution >= 0.6 is 0 Å². The Labute approximate surface area is 118 Å². The van der Waals surface area contributed by atoms with Crippen LogP contribution in [0.15, 0.2) is 30.3 Å². The van der Waals surface area contributed by atoms with Crippen LogP contribution in [0.5, 0.6) is 5.75 Å². The molecule has 1 aromatic heterocycles. The minimum Gasteiger partial charge on any atom is -0.494 e. The van der Waals surface area contributed by atoms with Gasteiger partial charge in [-0.05, 0) is 36.8 Å². The lowest BCUT2D eigenvalue weighted by molar-refractivity contribution is 0.340. The Hall–Kier alpha value is -2.01. The number of hydrogen-bond donors (Lipinski definition) is 2. The predicted molar refractivity (Wildman–Crippen MR) is 80.3 cm³/mol. The second-order valence-electron chi connectivity index (χ2n) is 4.83. The highest BCUT2D eigenvalue weighted by atomic mass is 16.5. The first kappa shape index (κ1) is 13.0. The monoisotopic (exact) mass is 272 g/mol. The van der Waals surface area contributed by atoms with E-state index in [4.69, 9.17) is 4.74 Å². The number of hydrogen-bond acceptors (Lipinski definition) is 4. The number of nitrogens with zero attached hydrogens (tertiary/aromatic N) is 2. The highest BCUT2D eigenvalue weighted by Gasteiger charge is 2.13. The van der Waals surface area contributed by atoms with Crippen molar-refractivity contribution in [1.29, 1.82) is 0 Å². The number of aromatic nitrogens is 2. The third kappa shape index (κ3) is 2.77. The molecular weight excluding hydrogens is 252 g/mol. The van der Waals surface area contributed by atoms with Gasteiger partial charge in [-0.25, -0.2) is 0 Å². The number of aromatic amines is 1. The first-order chi connectivity index (χ1) is 9.86. The number of piperazine rings is 1. The van der Waals surface area contributed by atoms with Crippen LogP contribution < -0.4 is 15.0 Å². The number of benzene rings is 1. The molecule has 0 aliphatic carbocycles. The second-order valence-corrected chi connectivity index (χ2v) is 4.83. The van der Waals surface area contributed by atoms with Gasteiger partial charge in [-0.15, -0.1) is 0 Å². The summed E-state index contributed by atoms with van der Waals surface area (Å²) < 4.78 is 5.46. The molecule has 20 heavy (non-hydrogen) atoms. The third-order valence-corrected chi connectivity index (χ3v) is 3.48. The summed E-state index contributed by atoms with van der Waals surface area (Å²) >= 11 is 0. The first-order valence-corrected chi connectivity index (χ1v) is 7.11. The van der Waals surface area contributed by atoms with Crippen LogP contribution in [0.3, 0.4) is 0 Å². The van der Waals surface area contributed by atoms with Crippen LogP contribution in [0.25, 0.3) is 11.3 Å². The largest absolute Gasteiger partial charge is 0.494 e. The smallest absolute Gasteiger partial charge is 0.151 e. The van der Waals surface area contributed by atoms with E-state index in [0.29, 0.717) is 6.61 Å². The van der Waals surface area contributed by atoms with Crippen LogP contribution in [0, 0.1) is 0 Å². The third-order valence-electron chi connectivity index (χ3n) is 3.48. The van der Waals surface area contributed by atoms with Crippen molar-refractivity contribution in [2.45, 2.75) is 6.92 Å². The maximum atomic E-state index is 5.46. The van der Waals surface area contributed by atoms with Crippen LogP contribution in [0.4, 0.5) is 5.82 Å². The molecule has 5 heteroatoms. The Morgan fingerprint density at radius 3 is 2.65 bits per heavy atom. The molecule has 3 rings (SSSR count). The van der Waals surface area contributed by atoms with E-state index in [1.165, 1.54) is 0 Å². The molecule has 1 aliphatic rings. The average Bonchev–Trinajstić information content (AvgIpc) is 2.99. The zero-order valence-corrected chi connectivity index (χ0v) is 11.7. The Bertz CT molecular complexity index is 543. The van der Waals surface area contributed by atoms with Gasteiger partial charge in [-0.3, -0.25) is 5.10 Å². The van der Waals surface area contributed by atoms with E-state index in [9.17, 15) is 0 Å². The molecule has 106 valence electrons. The van der Waals surface area contributed by atoms with Crippen molar-refractivity contribution in [2.75, 3.05) is 37.7 Å². The van der Waals surface area contributed by atoms with E-state index >= 15 is 0 Å². The summed E-state index contributed by atoms with van der Waals surface area (Å²) in [4.78, 5) is 2.30. The summed E-state index contributed by atoms with van der Waals surface area (Å²) in [5.74, 6) is 1.92. The van der Waals surface area contributed by atoms with Crippen LogP contribution in [-0.4, -0.2) is 43.0 Å². The van der Waals surface area contributed by atoms with Crippen LogP contribution in [0.1, 0.15) is 6.92 Å². The average molecular weight is 272 g/mol. The molecule has 0 saturated carbocycles. The molecule has 1 aliphatic heterocycles. The topological polar surface area (TPSA) is 53.2 Å². The lowest BCUT2D eigenvalue weighted by Gasteiger charge is -2.26. The van der Waals surface area contributed by atoms with Gasteiger partial charge in [0.2, 0.25) is 0 Å². The summed E-state index contributed by atoms with van der Waals surface area (Å²) in [6.45, 7) is 6.73. The van der Waals surface area contributed by atoms with Gasteiger partial charge in [0, 0.05) is 32.2 Å². The van der Waals surface area contributed by atoms with Gasteiger partial charge >= 0.3 is 0 Å². The highest BCUT2D eigenvalue weighted by molar-refractivity contribution is 5.64. The molecule has 0 bridgehead atoms. The van der Waals surface area contributed by atoms with Gasteiger partial charge in [0.25, 0.3) is 0 Å². The molecule has 0 spiro atoms. The van der Waals surface area contributed by atoms with Gasteiger partial charge in [-0.1, -0.05) is 0 Å². The SMILES string of the molecule is CCOc1ccc(-c2cc(N3CCNCC3)n[nH]2)cc1. The molecule has 0 radical (unpaired) electrons. The van der Waals surface area contributed by atoms with Gasteiger partial charge < -0.3 is 15.0 Å². The number of nitrogens with one attached hydrogen (secondary N) is 2. The van der Waals surface area contributed by atoms with E-state index in [0.717, 1.165) is 49.0 Å². The lowest BCUT2D eigenvalue weighted by atomic mass is 10.1. The summed E-state index contributed by atoms with van der Waals surface area (Å²) in [6, 6.07) is 10.2. The van der Waals surface area contributed by atoms with E-state index in [1.807, 2.05) is 19.1 Å². The summed E-state index contributed by atoms with van der Waals surface area (Å²) in [7, 11) is 0. The standard InChI is InChI=1S/C15H20N4O/c1-2-20-13-5-3-12(4-6-13)14-11-15(18-17-14)19-9-7-16-8-10-19/h3-6,11,16H,2,7-10H2,1H3,(H,17,18). The lowest BCUT2D eigenvalue weighted by Crippen LogP contribution is -2.43. The maximum Gasteiger partial charge on any atom is 0.151 e. The molecule has 2 aromatic rings. The Balaban J connectivity index is 1.75. The number of ether oxygens (including phenoxy) is 1. The fourth-order valence-corrected chi connectivity index (χ4v) is 2.41. The van der Waals surface area contributed by atoms with Crippen LogP contribution in [0.2, 0.25) is 0 Å². The van der Waals surface area contributed by atoms with Crippen molar-refractivity contribution in [3.05, 3.63) is 30.3 Å². The molecule has 5 nitrogen and oxygen atoms in total. The van der Waals surface area contributed by atoms with Gasteiger partial charge in [0.1, 0.15) is 5.75 Å². The zero-order chi connectivity index (χ0) is 13.8. The quantitative estimate of drug-likeness (QED) is 0.892. The minimum atomic E-state index is 0.691. The summed E-state index contributed by atoms with van der Waals surface area (Å²) in [6.07, 6.45) is 0. The van der Waals surface area contributed by atoms with E-state index < -0.39 is 0 Å². The van der Waals surface area contributed by atoms with Crippen molar-refractivity contribution in [3.63, 3.8) is 0 Å². The molecule has 0 atom stereocenters. The van der Waals surface area contributed by atoms with Crippen LogP contribution in [-0.2, 0) is 0 Å². The molecule has 0 amide bonds. The molecule has 1 aromatic carbocycles. The van der Waals surface area contributed by atoms with Gasteiger partial charge in [0.15, 0.2) is 5.82 Å². The Morgan fingerprint density at radius 1 is 1.20 bits per heavy atom. The molecule has 0 unspecified atom stereocenters. The van der Waals surface area contributed by atoms with Crippen molar-refractivity contribution < 1.29 is 4.74 Å². The van der Waals surface area contributed by atoms with Crippen molar-refractivity contribution in [3.8, 4) is 17.0 Å². The van der Waals surface area contributed by atoms with E-state index in [1.54, 1.807) is 0 Å². The van der Waals surface area contributed by atoms with Gasteiger partial charge in [-0.2, -0.15) is 5.10 Å². The molecule has 1 fully saturated rings. The van der Waals surface area contributed by atoms with Crippen molar-refractivity contribution in [1.82, 2.24) is 15.5 Å². The van der Waals surface area contributed by atoms with E-state index in [2.05, 4.69) is 38.6 Å². The number of anilines is 1. The number of rotatable bonds is 4. The predicted octanol–water partition coefficient (Wildman–Crippen LogP) is 1.88. The van der Waals surface area contributed by atoms with Gasteiger partial charge in [0.05, 0.1) is 12.3 Å². The Morgan fingerprint density at radius 2 is 1.95 bits per heavy atom. The molecule has 2 N–H and O–H groups in total. The van der Waals surface area contributed by atoms with E-state index in [-0.39, 0.29) is 0 Å². The van der Waals surface area contributed by atoms with Crippen molar-refractivity contribution in [2.24, 2.45) is 0 Å². The minimum absolute atomic E-state index is 0.691. The first-order valence-electron chi connectivity index (χ1n) is 7.11. The second kappa shape index (κ2) is 5.96. The Kier molecular flexibility index (Phi) is 3.87. The summed E-state index contributed by atoms with van der Waals surface area (Å²) in [5, 5.41) is 10.9. The molecular formula is C15H20N4O. The maximum absolute atomic E-state index is 5.46. The fraction of sp³-hybridized carbons (Fsp3) is 0.400. The highest BCUT2D eigenvalue weighted by Crippen LogP contribution is 2.24. The molecule has 1 saturated heterocycles. The van der Waals surface area contributed by atoms with Crippen molar-refractivity contribution >= 4 is 5.82 Å². The summed E-state index contributed by atoms with van der Waals surface area (Å²) in [5.41, 5.74) is 2.17. The normalized spacial score (nSPS) is 15.3.